The Hall–Kier alpha value is -0.340. The molecule has 1 aromatic carbocycles. The molecule has 0 heterocycles. The van der Waals surface area contributed by atoms with Crippen LogP contribution in [0.3, 0.4) is 0 Å². The Morgan fingerprint density at radius 1 is 1.16 bits per heavy atom. The van der Waals surface area contributed by atoms with Crippen LogP contribution in [-0.2, 0) is 0 Å². The molecule has 19 heavy (non-hydrogen) atoms. The Kier molecular flexibility index (Phi) is 5.90. The van der Waals surface area contributed by atoms with Gasteiger partial charge in [-0.1, -0.05) is 54.2 Å². The largest absolute Gasteiger partial charge is 0.307 e. The Morgan fingerprint density at radius 3 is 2.58 bits per heavy atom. The SMILES string of the molecule is CCC1CCCC(N[C@@H](C)c2ccc(Br)cc2)CC1. The predicted octanol–water partition coefficient (Wildman–Crippen LogP) is 5.46. The second-order valence-electron chi connectivity index (χ2n) is 5.92. The molecule has 0 bridgehead atoms. The molecule has 2 heteroatoms. The highest BCUT2D eigenvalue weighted by molar-refractivity contribution is 9.10. The van der Waals surface area contributed by atoms with Crippen LogP contribution in [0.5, 0.6) is 0 Å². The van der Waals surface area contributed by atoms with Crippen LogP contribution in [-0.4, -0.2) is 6.04 Å². The molecule has 1 N–H and O–H groups in total. The molecule has 0 spiro atoms. The number of hydrogen-bond acceptors (Lipinski definition) is 1. The van der Waals surface area contributed by atoms with E-state index in [-0.39, 0.29) is 0 Å². The van der Waals surface area contributed by atoms with Gasteiger partial charge in [0.05, 0.1) is 0 Å². The van der Waals surface area contributed by atoms with E-state index in [1.165, 1.54) is 44.1 Å². The van der Waals surface area contributed by atoms with Gasteiger partial charge in [0.25, 0.3) is 0 Å². The van der Waals surface area contributed by atoms with E-state index in [2.05, 4.69) is 59.4 Å². The van der Waals surface area contributed by atoms with Crippen LogP contribution in [0, 0.1) is 5.92 Å². The van der Waals surface area contributed by atoms with Crippen LogP contribution < -0.4 is 5.32 Å². The summed E-state index contributed by atoms with van der Waals surface area (Å²) in [6.45, 7) is 4.62. The van der Waals surface area contributed by atoms with Crippen molar-refractivity contribution in [2.75, 3.05) is 0 Å². The van der Waals surface area contributed by atoms with E-state index in [1.54, 1.807) is 0 Å². The minimum absolute atomic E-state index is 0.455. The van der Waals surface area contributed by atoms with Gasteiger partial charge < -0.3 is 5.32 Å². The highest BCUT2D eigenvalue weighted by Gasteiger charge is 2.19. The molecule has 1 fully saturated rings. The van der Waals surface area contributed by atoms with Crippen molar-refractivity contribution in [3.05, 3.63) is 34.3 Å². The van der Waals surface area contributed by atoms with Gasteiger partial charge in [-0.3, -0.25) is 0 Å². The third-order valence-electron chi connectivity index (χ3n) is 4.52. The van der Waals surface area contributed by atoms with Crippen LogP contribution in [0.15, 0.2) is 28.7 Å². The number of rotatable bonds is 4. The predicted molar refractivity (Wildman–Crippen MR) is 86.3 cm³/mol. The van der Waals surface area contributed by atoms with Crippen LogP contribution in [0.1, 0.15) is 64.0 Å². The molecule has 1 saturated carbocycles. The first-order valence-electron chi connectivity index (χ1n) is 7.70. The number of benzene rings is 1. The van der Waals surface area contributed by atoms with Gasteiger partial charge in [0, 0.05) is 16.6 Å². The fraction of sp³-hybridized carbons (Fsp3) is 0.647. The van der Waals surface area contributed by atoms with Crippen molar-refractivity contribution in [1.29, 1.82) is 0 Å². The van der Waals surface area contributed by atoms with Crippen LogP contribution >= 0.6 is 15.9 Å². The van der Waals surface area contributed by atoms with E-state index in [0.717, 1.165) is 10.4 Å². The molecule has 1 aliphatic rings. The van der Waals surface area contributed by atoms with Crippen molar-refractivity contribution in [2.24, 2.45) is 5.92 Å². The molecule has 3 atom stereocenters. The van der Waals surface area contributed by atoms with Gasteiger partial charge >= 0.3 is 0 Å². The summed E-state index contributed by atoms with van der Waals surface area (Å²) in [4.78, 5) is 0. The topological polar surface area (TPSA) is 12.0 Å². The number of nitrogens with one attached hydrogen (secondary N) is 1. The summed E-state index contributed by atoms with van der Waals surface area (Å²) in [7, 11) is 0. The minimum Gasteiger partial charge on any atom is -0.307 e. The van der Waals surface area contributed by atoms with Crippen LogP contribution in [0.2, 0.25) is 0 Å². The van der Waals surface area contributed by atoms with Gasteiger partial charge in [-0.15, -0.1) is 0 Å². The zero-order valence-electron chi connectivity index (χ0n) is 12.2. The molecular weight excluding hydrogens is 298 g/mol. The summed E-state index contributed by atoms with van der Waals surface area (Å²) in [5.41, 5.74) is 1.39. The van der Waals surface area contributed by atoms with Crippen molar-refractivity contribution in [2.45, 2.75) is 64.5 Å². The third kappa shape index (κ3) is 4.61. The normalized spacial score (nSPS) is 25.8. The molecule has 2 rings (SSSR count). The van der Waals surface area contributed by atoms with Crippen molar-refractivity contribution in [3.8, 4) is 0 Å². The lowest BCUT2D eigenvalue weighted by Crippen LogP contribution is -2.31. The molecule has 2 unspecified atom stereocenters. The van der Waals surface area contributed by atoms with Crippen LogP contribution in [0.25, 0.3) is 0 Å². The lowest BCUT2D eigenvalue weighted by Gasteiger charge is -2.22. The second kappa shape index (κ2) is 7.44. The molecule has 1 aromatic rings. The van der Waals surface area contributed by atoms with E-state index in [0.29, 0.717) is 12.1 Å². The quantitative estimate of drug-likeness (QED) is 0.725. The van der Waals surface area contributed by atoms with Crippen molar-refractivity contribution in [3.63, 3.8) is 0 Å². The second-order valence-corrected chi connectivity index (χ2v) is 6.84. The maximum Gasteiger partial charge on any atom is 0.0294 e. The Bertz CT molecular complexity index is 373. The maximum atomic E-state index is 3.82. The third-order valence-corrected chi connectivity index (χ3v) is 5.05. The highest BCUT2D eigenvalue weighted by Crippen LogP contribution is 2.27. The molecule has 0 amide bonds. The fourth-order valence-electron chi connectivity index (χ4n) is 3.15. The molecule has 0 aliphatic heterocycles. The molecule has 1 nitrogen and oxygen atoms in total. The Labute approximate surface area is 126 Å². The van der Waals surface area contributed by atoms with Gasteiger partial charge in [0.2, 0.25) is 0 Å². The zero-order chi connectivity index (χ0) is 13.7. The van der Waals surface area contributed by atoms with Gasteiger partial charge in [0.15, 0.2) is 0 Å². The molecule has 0 radical (unpaired) electrons. The Morgan fingerprint density at radius 2 is 1.89 bits per heavy atom. The van der Waals surface area contributed by atoms with E-state index < -0.39 is 0 Å². The first-order valence-corrected chi connectivity index (χ1v) is 8.50. The zero-order valence-corrected chi connectivity index (χ0v) is 13.7. The molecule has 1 aliphatic carbocycles. The van der Waals surface area contributed by atoms with Gasteiger partial charge in [-0.2, -0.15) is 0 Å². The number of halogens is 1. The van der Waals surface area contributed by atoms with Gasteiger partial charge in [0.1, 0.15) is 0 Å². The summed E-state index contributed by atoms with van der Waals surface area (Å²) in [5.74, 6) is 0.967. The van der Waals surface area contributed by atoms with Crippen molar-refractivity contribution < 1.29 is 0 Å². The number of hydrogen-bond donors (Lipinski definition) is 1. The fourth-order valence-corrected chi connectivity index (χ4v) is 3.42. The van der Waals surface area contributed by atoms with Gasteiger partial charge in [-0.05, 0) is 49.8 Å². The lowest BCUT2D eigenvalue weighted by molar-refractivity contribution is 0.400. The Balaban J connectivity index is 1.88. The van der Waals surface area contributed by atoms with E-state index in [1.807, 2.05) is 0 Å². The van der Waals surface area contributed by atoms with Gasteiger partial charge in [-0.25, -0.2) is 0 Å². The highest BCUT2D eigenvalue weighted by atomic mass is 79.9. The maximum absolute atomic E-state index is 3.82. The average molecular weight is 324 g/mol. The summed E-state index contributed by atoms with van der Waals surface area (Å²) >= 11 is 3.50. The lowest BCUT2D eigenvalue weighted by atomic mass is 9.97. The monoisotopic (exact) mass is 323 g/mol. The van der Waals surface area contributed by atoms with Crippen molar-refractivity contribution >= 4 is 15.9 Å². The minimum atomic E-state index is 0.455. The van der Waals surface area contributed by atoms with E-state index >= 15 is 0 Å². The first kappa shape index (κ1) is 15.1. The summed E-state index contributed by atoms with van der Waals surface area (Å²) < 4.78 is 1.16. The van der Waals surface area contributed by atoms with E-state index in [4.69, 9.17) is 0 Å². The summed E-state index contributed by atoms with van der Waals surface area (Å²) in [5, 5.41) is 3.82. The van der Waals surface area contributed by atoms with Crippen LogP contribution in [0.4, 0.5) is 0 Å². The van der Waals surface area contributed by atoms with E-state index in [9.17, 15) is 0 Å². The summed E-state index contributed by atoms with van der Waals surface area (Å²) in [6, 6.07) is 9.86. The van der Waals surface area contributed by atoms with Crippen molar-refractivity contribution in [1.82, 2.24) is 5.32 Å². The standard InChI is InChI=1S/C17H26BrN/c1-3-14-5-4-6-17(12-7-14)19-13(2)15-8-10-16(18)11-9-15/h8-11,13-14,17,19H,3-7,12H2,1-2H3/t13-,14?,17?/m0/s1. The smallest absolute Gasteiger partial charge is 0.0294 e. The molecule has 0 saturated heterocycles. The average Bonchev–Trinajstić information content (AvgIpc) is 2.64. The molecule has 106 valence electrons. The first-order chi connectivity index (χ1) is 9.19. The molecule has 0 aromatic heterocycles. The molecular formula is C17H26BrN. The summed E-state index contributed by atoms with van der Waals surface area (Å²) in [6.07, 6.45) is 8.28.